The average molecular weight is 266 g/mol. The van der Waals surface area contributed by atoms with Crippen LogP contribution in [-0.2, 0) is 0 Å². The van der Waals surface area contributed by atoms with Crippen LogP contribution in [0.2, 0.25) is 0 Å². The number of aryl methyl sites for hydroxylation is 1. The van der Waals surface area contributed by atoms with E-state index < -0.39 is 0 Å². The Bertz CT molecular complexity index is 606. The zero-order chi connectivity index (χ0) is 14.1. The Kier molecular flexibility index (Phi) is 3.49. The van der Waals surface area contributed by atoms with Crippen LogP contribution in [0.5, 0.6) is 0 Å². The Morgan fingerprint density at radius 3 is 2.40 bits per heavy atom. The van der Waals surface area contributed by atoms with Crippen molar-refractivity contribution in [3.05, 3.63) is 65.2 Å². The third kappa shape index (κ3) is 2.10. The maximum Gasteiger partial charge on any atom is 0.0563 e. The molecular weight excluding hydrogens is 244 g/mol. The van der Waals surface area contributed by atoms with E-state index in [4.69, 9.17) is 5.73 Å². The van der Waals surface area contributed by atoms with Gasteiger partial charge in [-0.15, -0.1) is 0 Å². The Morgan fingerprint density at radius 1 is 1.05 bits per heavy atom. The fourth-order valence-corrected chi connectivity index (χ4v) is 3.39. The number of hydrogen-bond acceptors (Lipinski definition) is 2. The molecule has 1 aliphatic carbocycles. The highest BCUT2D eigenvalue weighted by Crippen LogP contribution is 2.43. The largest absolute Gasteiger partial charge is 0.364 e. The van der Waals surface area contributed by atoms with Gasteiger partial charge in [0.1, 0.15) is 0 Å². The summed E-state index contributed by atoms with van der Waals surface area (Å²) < 4.78 is 0. The van der Waals surface area contributed by atoms with Crippen LogP contribution in [0.3, 0.4) is 0 Å². The second kappa shape index (κ2) is 5.29. The Balaban J connectivity index is 2.02. The molecule has 2 aromatic rings. The number of benzene rings is 2. The average Bonchev–Trinajstić information content (AvgIpc) is 2.80. The van der Waals surface area contributed by atoms with E-state index >= 15 is 0 Å². The third-order valence-electron chi connectivity index (χ3n) is 4.37. The highest BCUT2D eigenvalue weighted by Gasteiger charge is 2.32. The molecule has 2 heteroatoms. The van der Waals surface area contributed by atoms with Crippen molar-refractivity contribution in [2.75, 3.05) is 11.4 Å². The molecule has 1 aliphatic rings. The summed E-state index contributed by atoms with van der Waals surface area (Å²) in [5, 5.41) is 0. The van der Waals surface area contributed by atoms with E-state index in [1.165, 1.54) is 22.4 Å². The van der Waals surface area contributed by atoms with Crippen molar-refractivity contribution >= 4 is 5.69 Å². The summed E-state index contributed by atoms with van der Waals surface area (Å²) >= 11 is 0. The van der Waals surface area contributed by atoms with Gasteiger partial charge in [0.2, 0.25) is 0 Å². The summed E-state index contributed by atoms with van der Waals surface area (Å²) in [5.74, 6) is 0. The first kappa shape index (κ1) is 13.2. The minimum Gasteiger partial charge on any atom is -0.364 e. The molecular formula is C18H22N2. The van der Waals surface area contributed by atoms with Crippen LogP contribution in [0.25, 0.3) is 0 Å². The maximum absolute atomic E-state index is 6.32. The molecule has 20 heavy (non-hydrogen) atoms. The van der Waals surface area contributed by atoms with Crippen LogP contribution in [-0.4, -0.2) is 6.54 Å². The number of rotatable bonds is 3. The zero-order valence-corrected chi connectivity index (χ0v) is 12.2. The van der Waals surface area contributed by atoms with Crippen molar-refractivity contribution < 1.29 is 0 Å². The molecule has 0 radical (unpaired) electrons. The fraction of sp³-hybridized carbons (Fsp3) is 0.333. The highest BCUT2D eigenvalue weighted by molar-refractivity contribution is 5.56. The van der Waals surface area contributed by atoms with Crippen molar-refractivity contribution in [3.8, 4) is 0 Å². The maximum atomic E-state index is 6.32. The van der Waals surface area contributed by atoms with Gasteiger partial charge in [0.05, 0.1) is 6.04 Å². The molecule has 0 fully saturated rings. The van der Waals surface area contributed by atoms with E-state index in [9.17, 15) is 0 Å². The summed E-state index contributed by atoms with van der Waals surface area (Å²) in [6.07, 6.45) is 1.00. The van der Waals surface area contributed by atoms with Crippen molar-refractivity contribution in [3.63, 3.8) is 0 Å². The topological polar surface area (TPSA) is 29.3 Å². The zero-order valence-electron chi connectivity index (χ0n) is 12.2. The first-order chi connectivity index (χ1) is 9.72. The van der Waals surface area contributed by atoms with Gasteiger partial charge in [-0.2, -0.15) is 0 Å². The predicted molar refractivity (Wildman–Crippen MR) is 84.9 cm³/mol. The van der Waals surface area contributed by atoms with Gasteiger partial charge in [-0.25, -0.2) is 0 Å². The lowest BCUT2D eigenvalue weighted by molar-refractivity contribution is 0.573. The molecule has 0 spiro atoms. The predicted octanol–water partition coefficient (Wildman–Crippen LogP) is 3.97. The van der Waals surface area contributed by atoms with Gasteiger partial charge in [-0.3, -0.25) is 0 Å². The quantitative estimate of drug-likeness (QED) is 0.911. The van der Waals surface area contributed by atoms with E-state index in [1.54, 1.807) is 0 Å². The van der Waals surface area contributed by atoms with Crippen molar-refractivity contribution in [2.24, 2.45) is 5.73 Å². The molecule has 0 aromatic heterocycles. The molecule has 0 heterocycles. The number of para-hydroxylation sites is 1. The van der Waals surface area contributed by atoms with Crippen LogP contribution in [0.15, 0.2) is 48.5 Å². The normalized spacial score (nSPS) is 20.8. The van der Waals surface area contributed by atoms with Gasteiger partial charge in [-0.05, 0) is 43.0 Å². The molecule has 0 aliphatic heterocycles. The van der Waals surface area contributed by atoms with Gasteiger partial charge in [0.15, 0.2) is 0 Å². The van der Waals surface area contributed by atoms with Crippen LogP contribution >= 0.6 is 0 Å². The molecule has 2 unspecified atom stereocenters. The van der Waals surface area contributed by atoms with E-state index in [1.807, 2.05) is 0 Å². The molecule has 2 aromatic carbocycles. The molecule has 0 amide bonds. The van der Waals surface area contributed by atoms with E-state index in [0.717, 1.165) is 13.0 Å². The summed E-state index contributed by atoms with van der Waals surface area (Å²) in [6, 6.07) is 17.8. The van der Waals surface area contributed by atoms with Crippen molar-refractivity contribution in [2.45, 2.75) is 32.4 Å². The molecule has 104 valence electrons. The number of fused-ring (bicyclic) bond motifs is 1. The van der Waals surface area contributed by atoms with Gasteiger partial charge < -0.3 is 10.6 Å². The lowest BCUT2D eigenvalue weighted by Crippen LogP contribution is -2.28. The number of hydrogen-bond donors (Lipinski definition) is 1. The standard InChI is InChI=1S/C18H22N2/c1-3-20(17-11-7-4-8-13(17)2)18-12-16(19)14-9-5-6-10-15(14)18/h4-11,16,18H,3,12,19H2,1-2H3. The van der Waals surface area contributed by atoms with Crippen LogP contribution in [0.4, 0.5) is 5.69 Å². The van der Waals surface area contributed by atoms with Gasteiger partial charge in [0, 0.05) is 18.3 Å². The molecule has 0 saturated heterocycles. The number of nitrogens with two attached hydrogens (primary N) is 1. The van der Waals surface area contributed by atoms with E-state index in [-0.39, 0.29) is 6.04 Å². The van der Waals surface area contributed by atoms with Gasteiger partial charge in [0.25, 0.3) is 0 Å². The first-order valence-corrected chi connectivity index (χ1v) is 7.39. The Labute approximate surface area is 121 Å². The summed E-state index contributed by atoms with van der Waals surface area (Å²) in [7, 11) is 0. The molecule has 0 bridgehead atoms. The van der Waals surface area contributed by atoms with E-state index in [0.29, 0.717) is 6.04 Å². The summed E-state index contributed by atoms with van der Waals surface area (Å²) in [5.41, 5.74) is 11.7. The SMILES string of the molecule is CCN(c1ccccc1C)C1CC(N)c2ccccc21. The van der Waals surface area contributed by atoms with Crippen LogP contribution < -0.4 is 10.6 Å². The van der Waals surface area contributed by atoms with Gasteiger partial charge in [-0.1, -0.05) is 42.5 Å². The van der Waals surface area contributed by atoms with Crippen LogP contribution in [0, 0.1) is 6.92 Å². The monoisotopic (exact) mass is 266 g/mol. The molecule has 2 N–H and O–H groups in total. The van der Waals surface area contributed by atoms with Crippen LogP contribution in [0.1, 0.15) is 42.1 Å². The fourth-order valence-electron chi connectivity index (χ4n) is 3.39. The van der Waals surface area contributed by atoms with Crippen molar-refractivity contribution in [1.82, 2.24) is 0 Å². The molecule has 3 rings (SSSR count). The lowest BCUT2D eigenvalue weighted by atomic mass is 10.0. The lowest BCUT2D eigenvalue weighted by Gasteiger charge is -2.32. The summed E-state index contributed by atoms with van der Waals surface area (Å²) in [4.78, 5) is 2.49. The summed E-state index contributed by atoms with van der Waals surface area (Å²) in [6.45, 7) is 5.40. The third-order valence-corrected chi connectivity index (χ3v) is 4.37. The van der Waals surface area contributed by atoms with Crippen molar-refractivity contribution in [1.29, 1.82) is 0 Å². The second-order valence-corrected chi connectivity index (χ2v) is 5.56. The smallest absolute Gasteiger partial charge is 0.0563 e. The number of nitrogens with zero attached hydrogens (tertiary/aromatic N) is 1. The minimum atomic E-state index is 0.161. The Hall–Kier alpha value is -1.80. The first-order valence-electron chi connectivity index (χ1n) is 7.39. The Morgan fingerprint density at radius 2 is 1.70 bits per heavy atom. The minimum absolute atomic E-state index is 0.161. The molecule has 2 atom stereocenters. The van der Waals surface area contributed by atoms with Gasteiger partial charge >= 0.3 is 0 Å². The molecule has 0 saturated carbocycles. The second-order valence-electron chi connectivity index (χ2n) is 5.56. The van der Waals surface area contributed by atoms with E-state index in [2.05, 4.69) is 67.3 Å². The number of anilines is 1. The highest BCUT2D eigenvalue weighted by atomic mass is 15.2. The molecule has 2 nitrogen and oxygen atoms in total.